The minimum Gasteiger partial charge on any atom is -0.293 e. The van der Waals surface area contributed by atoms with E-state index in [9.17, 15) is 25.0 Å². The summed E-state index contributed by atoms with van der Waals surface area (Å²) in [5, 5.41) is 21.7. The first-order chi connectivity index (χ1) is 11.4. The Kier molecular flexibility index (Phi) is 5.75. The molecule has 0 radical (unpaired) electrons. The lowest BCUT2D eigenvalue weighted by atomic mass is 9.91. The monoisotopic (exact) mass is 392 g/mol. The standard InChI is InChI=1S/C16H13BrN2O5/c17-15(16(20)12-4-2-1-3-5-12)14(10-18(21)22)11-6-8-13(9-7-11)19(23)24/h1-9,14-15H,10H2/t14-,15+/m0/s1. The summed E-state index contributed by atoms with van der Waals surface area (Å²) < 4.78 is 0. The van der Waals surface area contributed by atoms with E-state index in [0.717, 1.165) is 0 Å². The molecule has 24 heavy (non-hydrogen) atoms. The Bertz CT molecular complexity index is 749. The number of nitro benzene ring substituents is 1. The Hall–Kier alpha value is -2.61. The van der Waals surface area contributed by atoms with Crippen LogP contribution in [0.4, 0.5) is 5.69 Å². The first-order valence-corrected chi connectivity index (χ1v) is 7.91. The van der Waals surface area contributed by atoms with Gasteiger partial charge in [0, 0.05) is 22.6 Å². The van der Waals surface area contributed by atoms with Gasteiger partial charge in [-0.1, -0.05) is 58.4 Å². The topological polar surface area (TPSA) is 103 Å². The highest BCUT2D eigenvalue weighted by Gasteiger charge is 2.32. The van der Waals surface area contributed by atoms with Crippen LogP contribution in [0.3, 0.4) is 0 Å². The molecule has 0 spiro atoms. The summed E-state index contributed by atoms with van der Waals surface area (Å²) in [6, 6.07) is 13.9. The van der Waals surface area contributed by atoms with Crippen LogP contribution in [0.1, 0.15) is 21.8 Å². The van der Waals surface area contributed by atoms with E-state index < -0.39 is 27.1 Å². The zero-order valence-electron chi connectivity index (χ0n) is 12.4. The average molecular weight is 393 g/mol. The summed E-state index contributed by atoms with van der Waals surface area (Å²) in [6.07, 6.45) is 0. The number of benzene rings is 2. The zero-order chi connectivity index (χ0) is 17.7. The van der Waals surface area contributed by atoms with Gasteiger partial charge in [-0.2, -0.15) is 0 Å². The van der Waals surface area contributed by atoms with E-state index in [4.69, 9.17) is 0 Å². The van der Waals surface area contributed by atoms with E-state index in [-0.39, 0.29) is 11.5 Å². The van der Waals surface area contributed by atoms with Crippen LogP contribution in [-0.4, -0.2) is 27.0 Å². The van der Waals surface area contributed by atoms with Crippen molar-refractivity contribution in [2.75, 3.05) is 6.54 Å². The molecule has 0 amide bonds. The van der Waals surface area contributed by atoms with Crippen molar-refractivity contribution in [2.24, 2.45) is 0 Å². The number of carbonyl (C=O) groups excluding carboxylic acids is 1. The number of halogens is 1. The molecule has 0 bridgehead atoms. The molecular formula is C16H13BrN2O5. The smallest absolute Gasteiger partial charge is 0.269 e. The molecule has 0 N–H and O–H groups in total. The summed E-state index contributed by atoms with van der Waals surface area (Å²) in [6.45, 7) is -0.466. The Morgan fingerprint density at radius 2 is 1.58 bits per heavy atom. The van der Waals surface area contributed by atoms with E-state index in [0.29, 0.717) is 11.1 Å². The minimum absolute atomic E-state index is 0.112. The van der Waals surface area contributed by atoms with Gasteiger partial charge in [0.05, 0.1) is 15.7 Å². The molecule has 0 aliphatic carbocycles. The van der Waals surface area contributed by atoms with Crippen molar-refractivity contribution in [1.82, 2.24) is 0 Å². The molecule has 0 aliphatic rings. The molecule has 0 fully saturated rings. The van der Waals surface area contributed by atoms with Gasteiger partial charge in [-0.3, -0.25) is 25.0 Å². The fourth-order valence-corrected chi connectivity index (χ4v) is 3.05. The second kappa shape index (κ2) is 7.78. The summed E-state index contributed by atoms with van der Waals surface area (Å²) in [4.78, 5) is 32.4. The predicted octanol–water partition coefficient (Wildman–Crippen LogP) is 3.60. The zero-order valence-corrected chi connectivity index (χ0v) is 14.0. The molecule has 0 saturated heterocycles. The summed E-state index contributed by atoms with van der Waals surface area (Å²) in [5.74, 6) is -1.02. The number of rotatable bonds is 7. The fourth-order valence-electron chi connectivity index (χ4n) is 2.32. The summed E-state index contributed by atoms with van der Waals surface area (Å²) >= 11 is 3.27. The number of ketones is 1. The molecular weight excluding hydrogens is 380 g/mol. The molecule has 0 unspecified atom stereocenters. The van der Waals surface area contributed by atoms with Crippen LogP contribution in [0.2, 0.25) is 0 Å². The molecule has 7 nitrogen and oxygen atoms in total. The number of hydrogen-bond acceptors (Lipinski definition) is 5. The predicted molar refractivity (Wildman–Crippen MR) is 91.2 cm³/mol. The number of carbonyl (C=O) groups is 1. The van der Waals surface area contributed by atoms with Crippen LogP contribution < -0.4 is 0 Å². The third-order valence-electron chi connectivity index (χ3n) is 3.54. The van der Waals surface area contributed by atoms with Crippen molar-refractivity contribution in [2.45, 2.75) is 10.7 Å². The molecule has 0 aromatic heterocycles. The van der Waals surface area contributed by atoms with Gasteiger partial charge in [0.1, 0.15) is 0 Å². The molecule has 8 heteroatoms. The minimum atomic E-state index is -0.813. The Morgan fingerprint density at radius 3 is 2.08 bits per heavy atom. The van der Waals surface area contributed by atoms with E-state index in [1.54, 1.807) is 30.3 Å². The fraction of sp³-hybridized carbons (Fsp3) is 0.188. The molecule has 2 atom stereocenters. The number of nitro groups is 2. The van der Waals surface area contributed by atoms with E-state index in [2.05, 4.69) is 15.9 Å². The second-order valence-corrected chi connectivity index (χ2v) is 6.09. The summed E-state index contributed by atoms with van der Waals surface area (Å²) in [5.41, 5.74) is 0.817. The van der Waals surface area contributed by atoms with Crippen molar-refractivity contribution in [1.29, 1.82) is 0 Å². The van der Waals surface area contributed by atoms with Gasteiger partial charge >= 0.3 is 0 Å². The largest absolute Gasteiger partial charge is 0.293 e. The maximum Gasteiger partial charge on any atom is 0.269 e. The first-order valence-electron chi connectivity index (χ1n) is 6.99. The van der Waals surface area contributed by atoms with Crippen LogP contribution >= 0.6 is 15.9 Å². The highest BCUT2D eigenvalue weighted by atomic mass is 79.9. The van der Waals surface area contributed by atoms with Gasteiger partial charge in [-0.25, -0.2) is 0 Å². The van der Waals surface area contributed by atoms with Crippen LogP contribution in [0, 0.1) is 20.2 Å². The Labute approximate surface area is 145 Å². The van der Waals surface area contributed by atoms with Crippen LogP contribution in [0.25, 0.3) is 0 Å². The third-order valence-corrected chi connectivity index (χ3v) is 4.59. The maximum absolute atomic E-state index is 12.5. The van der Waals surface area contributed by atoms with E-state index in [1.807, 2.05) is 0 Å². The first kappa shape index (κ1) is 17.7. The summed E-state index contributed by atoms with van der Waals surface area (Å²) in [7, 11) is 0. The lowest BCUT2D eigenvalue weighted by Gasteiger charge is -2.18. The highest BCUT2D eigenvalue weighted by Crippen LogP contribution is 2.29. The number of Topliss-reactive ketones (excluding diaryl/α,β-unsaturated/α-hetero) is 1. The quantitative estimate of drug-likeness (QED) is 0.309. The number of nitrogens with zero attached hydrogens (tertiary/aromatic N) is 2. The normalized spacial score (nSPS) is 13.0. The molecule has 2 aromatic rings. The molecule has 0 saturated carbocycles. The molecule has 2 aromatic carbocycles. The highest BCUT2D eigenvalue weighted by molar-refractivity contribution is 9.10. The SMILES string of the molecule is O=C(c1ccccc1)[C@H](Br)[C@@H](C[N+](=O)[O-])c1ccc([N+](=O)[O-])cc1. The lowest BCUT2D eigenvalue weighted by Crippen LogP contribution is -2.28. The molecule has 2 rings (SSSR count). The molecule has 0 heterocycles. The second-order valence-electron chi connectivity index (χ2n) is 5.10. The third kappa shape index (κ3) is 4.23. The van der Waals surface area contributed by atoms with E-state index in [1.165, 1.54) is 24.3 Å². The van der Waals surface area contributed by atoms with Gasteiger partial charge in [0.2, 0.25) is 6.54 Å². The van der Waals surface area contributed by atoms with Crippen molar-refractivity contribution in [3.8, 4) is 0 Å². The van der Waals surface area contributed by atoms with E-state index >= 15 is 0 Å². The number of hydrogen-bond donors (Lipinski definition) is 0. The Morgan fingerprint density at radius 1 is 1.00 bits per heavy atom. The Balaban J connectivity index is 2.32. The van der Waals surface area contributed by atoms with Crippen LogP contribution in [0.15, 0.2) is 54.6 Å². The maximum atomic E-state index is 12.5. The molecule has 0 aliphatic heterocycles. The van der Waals surface area contributed by atoms with Gasteiger partial charge in [0.25, 0.3) is 5.69 Å². The van der Waals surface area contributed by atoms with Crippen molar-refractivity contribution >= 4 is 27.4 Å². The number of non-ortho nitro benzene ring substituents is 1. The van der Waals surface area contributed by atoms with Crippen LogP contribution in [-0.2, 0) is 0 Å². The average Bonchev–Trinajstić information content (AvgIpc) is 2.59. The van der Waals surface area contributed by atoms with Crippen molar-refractivity contribution in [3.05, 3.63) is 86.0 Å². The van der Waals surface area contributed by atoms with Gasteiger partial charge in [-0.15, -0.1) is 0 Å². The van der Waals surface area contributed by atoms with Crippen molar-refractivity contribution in [3.63, 3.8) is 0 Å². The van der Waals surface area contributed by atoms with Gasteiger partial charge in [0.15, 0.2) is 5.78 Å². The van der Waals surface area contributed by atoms with Gasteiger partial charge in [-0.05, 0) is 5.56 Å². The van der Waals surface area contributed by atoms with Crippen molar-refractivity contribution < 1.29 is 14.6 Å². The van der Waals surface area contributed by atoms with Crippen LogP contribution in [0.5, 0.6) is 0 Å². The number of alkyl halides is 1. The van der Waals surface area contributed by atoms with Gasteiger partial charge < -0.3 is 0 Å². The molecule has 124 valence electrons. The lowest BCUT2D eigenvalue weighted by molar-refractivity contribution is -0.483.